The van der Waals surface area contributed by atoms with Crippen molar-refractivity contribution < 1.29 is 14.3 Å². The molecule has 0 unspecified atom stereocenters. The molecule has 1 amide bonds. The van der Waals surface area contributed by atoms with E-state index >= 15 is 0 Å². The second-order valence-electron chi connectivity index (χ2n) is 4.71. The smallest absolute Gasteiger partial charge is 0.262 e. The van der Waals surface area contributed by atoms with Gasteiger partial charge in [0.05, 0.1) is 12.8 Å². The van der Waals surface area contributed by atoms with Crippen molar-refractivity contribution >= 4 is 17.3 Å². The summed E-state index contributed by atoms with van der Waals surface area (Å²) in [4.78, 5) is 11.3. The van der Waals surface area contributed by atoms with Crippen LogP contribution in [-0.4, -0.2) is 19.6 Å². The molecule has 0 atom stereocenters. The predicted octanol–water partition coefficient (Wildman–Crippen LogP) is 2.64. The number of hydrogen-bond acceptors (Lipinski definition) is 4. The van der Waals surface area contributed by atoms with E-state index in [1.165, 1.54) is 0 Å². The third kappa shape index (κ3) is 2.91. The minimum absolute atomic E-state index is 0.0704. The summed E-state index contributed by atoms with van der Waals surface area (Å²) in [6.45, 7) is 0.707. The van der Waals surface area contributed by atoms with Gasteiger partial charge in [0.2, 0.25) is 0 Å². The highest BCUT2D eigenvalue weighted by Gasteiger charge is 2.15. The maximum Gasteiger partial charge on any atom is 0.262 e. The topological polar surface area (TPSA) is 59.6 Å². The fourth-order valence-corrected chi connectivity index (χ4v) is 2.24. The Morgan fingerprint density at radius 2 is 2.14 bits per heavy atom. The minimum atomic E-state index is -0.135. The van der Waals surface area contributed by atoms with Gasteiger partial charge in [-0.15, -0.1) is 0 Å². The van der Waals surface area contributed by atoms with Crippen molar-refractivity contribution in [2.75, 3.05) is 24.4 Å². The molecular weight excluding hydrogens is 268 g/mol. The summed E-state index contributed by atoms with van der Waals surface area (Å²) in [7, 11) is 1.66. The first-order valence-electron chi connectivity index (χ1n) is 6.69. The number of hydrogen-bond donors (Lipinski definition) is 2. The van der Waals surface area contributed by atoms with E-state index in [9.17, 15) is 4.79 Å². The van der Waals surface area contributed by atoms with Crippen LogP contribution >= 0.6 is 0 Å². The average molecular weight is 284 g/mol. The van der Waals surface area contributed by atoms with Crippen LogP contribution in [0.2, 0.25) is 0 Å². The number of methoxy groups -OCH3 is 1. The lowest BCUT2D eigenvalue weighted by Crippen LogP contribution is -2.25. The first-order chi connectivity index (χ1) is 10.3. The van der Waals surface area contributed by atoms with Crippen molar-refractivity contribution in [2.24, 2.45) is 0 Å². The highest BCUT2D eigenvalue weighted by atomic mass is 16.5. The number of para-hydroxylation sites is 1. The van der Waals surface area contributed by atoms with Crippen LogP contribution in [0.5, 0.6) is 11.5 Å². The maximum absolute atomic E-state index is 11.3. The van der Waals surface area contributed by atoms with Crippen molar-refractivity contribution in [1.82, 2.24) is 0 Å². The number of fused-ring (bicyclic) bond motifs is 1. The summed E-state index contributed by atoms with van der Waals surface area (Å²) in [6.07, 6.45) is 0. The Bertz CT molecular complexity index is 670. The first kappa shape index (κ1) is 13.3. The van der Waals surface area contributed by atoms with Gasteiger partial charge in [-0.2, -0.15) is 0 Å². The maximum atomic E-state index is 11.3. The molecule has 3 rings (SSSR count). The van der Waals surface area contributed by atoms with E-state index in [1.807, 2.05) is 42.5 Å². The number of anilines is 2. The number of rotatable bonds is 4. The molecular formula is C16H16N2O3. The van der Waals surface area contributed by atoms with Gasteiger partial charge in [0, 0.05) is 17.8 Å². The third-order valence-electron chi connectivity index (χ3n) is 3.29. The number of ether oxygens (including phenoxy) is 2. The lowest BCUT2D eigenvalue weighted by molar-refractivity contribution is -0.118. The molecule has 5 heteroatoms. The predicted molar refractivity (Wildman–Crippen MR) is 80.9 cm³/mol. The van der Waals surface area contributed by atoms with Gasteiger partial charge >= 0.3 is 0 Å². The van der Waals surface area contributed by atoms with Gasteiger partial charge in [-0.3, -0.25) is 4.79 Å². The zero-order chi connectivity index (χ0) is 14.7. The van der Waals surface area contributed by atoms with Gasteiger partial charge in [0.1, 0.15) is 11.5 Å². The molecule has 0 saturated carbocycles. The summed E-state index contributed by atoms with van der Waals surface area (Å²) in [6, 6.07) is 13.5. The highest BCUT2D eigenvalue weighted by Crippen LogP contribution is 2.30. The van der Waals surface area contributed by atoms with E-state index in [-0.39, 0.29) is 12.5 Å². The molecule has 1 aliphatic rings. The summed E-state index contributed by atoms with van der Waals surface area (Å²) < 4.78 is 10.7. The van der Waals surface area contributed by atoms with E-state index in [0.717, 1.165) is 17.0 Å². The van der Waals surface area contributed by atoms with Gasteiger partial charge in [0.15, 0.2) is 6.61 Å². The van der Waals surface area contributed by atoms with Crippen LogP contribution in [0, 0.1) is 0 Å². The molecule has 5 nitrogen and oxygen atoms in total. The average Bonchev–Trinajstić information content (AvgIpc) is 2.52. The molecule has 108 valence electrons. The van der Waals surface area contributed by atoms with Crippen molar-refractivity contribution in [3.63, 3.8) is 0 Å². The van der Waals surface area contributed by atoms with Crippen molar-refractivity contribution in [3.8, 4) is 11.5 Å². The van der Waals surface area contributed by atoms with Crippen LogP contribution in [0.1, 0.15) is 5.56 Å². The Kier molecular flexibility index (Phi) is 3.64. The summed E-state index contributed by atoms with van der Waals surface area (Å²) in [5.41, 5.74) is 2.67. The first-order valence-corrected chi connectivity index (χ1v) is 6.69. The Labute approximate surface area is 122 Å². The summed E-state index contributed by atoms with van der Waals surface area (Å²) >= 11 is 0. The molecule has 0 aromatic heterocycles. The van der Waals surface area contributed by atoms with Gasteiger partial charge in [-0.25, -0.2) is 0 Å². The van der Waals surface area contributed by atoms with Crippen LogP contribution in [0.3, 0.4) is 0 Å². The van der Waals surface area contributed by atoms with Gasteiger partial charge < -0.3 is 20.1 Å². The minimum Gasteiger partial charge on any atom is -0.496 e. The molecule has 0 bridgehead atoms. The standard InChI is InChI=1S/C16H16N2O3/c1-20-14-5-3-2-4-11(14)9-17-12-6-7-15-13(8-12)18-16(19)10-21-15/h2-8,17H,9-10H2,1H3,(H,18,19). The zero-order valence-electron chi connectivity index (χ0n) is 11.7. The molecule has 2 aromatic carbocycles. The van der Waals surface area contributed by atoms with E-state index in [0.29, 0.717) is 18.0 Å². The monoisotopic (exact) mass is 284 g/mol. The fraction of sp³-hybridized carbons (Fsp3) is 0.188. The van der Waals surface area contributed by atoms with Crippen LogP contribution < -0.4 is 20.1 Å². The SMILES string of the molecule is COc1ccccc1CNc1ccc2c(c1)NC(=O)CO2. The van der Waals surface area contributed by atoms with Crippen LogP contribution in [-0.2, 0) is 11.3 Å². The zero-order valence-corrected chi connectivity index (χ0v) is 11.7. The quantitative estimate of drug-likeness (QED) is 0.906. The van der Waals surface area contributed by atoms with Crippen LogP contribution in [0.25, 0.3) is 0 Å². The molecule has 1 aliphatic heterocycles. The normalized spacial score (nSPS) is 12.9. The largest absolute Gasteiger partial charge is 0.496 e. The van der Waals surface area contributed by atoms with Gasteiger partial charge in [-0.05, 0) is 24.3 Å². The van der Waals surface area contributed by atoms with Crippen LogP contribution in [0.15, 0.2) is 42.5 Å². The second-order valence-corrected chi connectivity index (χ2v) is 4.71. The van der Waals surface area contributed by atoms with Crippen molar-refractivity contribution in [3.05, 3.63) is 48.0 Å². The molecule has 21 heavy (non-hydrogen) atoms. The number of carbonyl (C=O) groups is 1. The third-order valence-corrected chi connectivity index (χ3v) is 3.29. The number of carbonyl (C=O) groups excluding carboxylic acids is 1. The van der Waals surface area contributed by atoms with E-state index < -0.39 is 0 Å². The van der Waals surface area contributed by atoms with Gasteiger partial charge in [0.25, 0.3) is 5.91 Å². The molecule has 0 saturated heterocycles. The fourth-order valence-electron chi connectivity index (χ4n) is 2.24. The number of benzene rings is 2. The summed E-state index contributed by atoms with van der Waals surface area (Å²) in [5, 5.41) is 6.11. The number of nitrogens with one attached hydrogen (secondary N) is 2. The number of amides is 1. The Hall–Kier alpha value is -2.69. The highest BCUT2D eigenvalue weighted by molar-refractivity contribution is 5.96. The Morgan fingerprint density at radius 1 is 1.29 bits per heavy atom. The molecule has 0 fully saturated rings. The van der Waals surface area contributed by atoms with Crippen molar-refractivity contribution in [1.29, 1.82) is 0 Å². The van der Waals surface area contributed by atoms with Crippen LogP contribution in [0.4, 0.5) is 11.4 Å². The van der Waals surface area contributed by atoms with Gasteiger partial charge in [-0.1, -0.05) is 18.2 Å². The second kappa shape index (κ2) is 5.75. The molecule has 0 aliphatic carbocycles. The molecule has 2 aromatic rings. The lowest BCUT2D eigenvalue weighted by Gasteiger charge is -2.19. The van der Waals surface area contributed by atoms with E-state index in [1.54, 1.807) is 7.11 Å². The molecule has 1 heterocycles. The molecule has 2 N–H and O–H groups in total. The van der Waals surface area contributed by atoms with E-state index in [2.05, 4.69) is 10.6 Å². The lowest BCUT2D eigenvalue weighted by atomic mass is 10.2. The summed E-state index contributed by atoms with van der Waals surface area (Å²) in [5.74, 6) is 1.40. The molecule has 0 radical (unpaired) electrons. The van der Waals surface area contributed by atoms with E-state index in [4.69, 9.17) is 9.47 Å². The Morgan fingerprint density at radius 3 is 3.00 bits per heavy atom. The molecule has 0 spiro atoms. The van der Waals surface area contributed by atoms with Crippen molar-refractivity contribution in [2.45, 2.75) is 6.54 Å². The Balaban J connectivity index is 1.74.